The number of hydrogen-bond acceptors (Lipinski definition) is 4. The van der Waals surface area contributed by atoms with Crippen molar-refractivity contribution >= 4 is 17.5 Å². The molecule has 0 unspecified atom stereocenters. The maximum atomic E-state index is 13.2. The monoisotopic (exact) mass is 417 g/mol. The molecule has 4 rings (SSSR count). The first-order valence-electron chi connectivity index (χ1n) is 10.7. The van der Waals surface area contributed by atoms with E-state index in [0.717, 1.165) is 37.1 Å². The Kier molecular flexibility index (Phi) is 6.79. The Bertz CT molecular complexity index is 979. The average Bonchev–Trinajstić information content (AvgIpc) is 3.37. The molecule has 3 aromatic rings. The van der Waals surface area contributed by atoms with Crippen molar-refractivity contribution in [3.8, 4) is 0 Å². The van der Waals surface area contributed by atoms with Gasteiger partial charge in [0.15, 0.2) is 5.76 Å². The molecule has 0 aliphatic carbocycles. The van der Waals surface area contributed by atoms with E-state index in [1.165, 1.54) is 12.7 Å². The van der Waals surface area contributed by atoms with Crippen LogP contribution < -0.4 is 10.6 Å². The highest BCUT2D eigenvalue weighted by Crippen LogP contribution is 2.20. The minimum absolute atomic E-state index is 0.133. The summed E-state index contributed by atoms with van der Waals surface area (Å²) in [6, 6.07) is 20.4. The van der Waals surface area contributed by atoms with E-state index in [-0.39, 0.29) is 23.6 Å². The summed E-state index contributed by atoms with van der Waals surface area (Å²) in [5.41, 5.74) is 2.69. The van der Waals surface area contributed by atoms with Gasteiger partial charge in [-0.05, 0) is 54.7 Å². The van der Waals surface area contributed by atoms with Crippen molar-refractivity contribution in [2.75, 3.05) is 18.4 Å². The molecule has 1 atom stereocenters. The van der Waals surface area contributed by atoms with Crippen LogP contribution in [-0.4, -0.2) is 29.8 Å². The quantitative estimate of drug-likeness (QED) is 0.598. The van der Waals surface area contributed by atoms with Crippen molar-refractivity contribution in [1.29, 1.82) is 0 Å². The molecule has 2 aromatic carbocycles. The second kappa shape index (κ2) is 10.1. The number of furan rings is 1. The molecule has 1 aliphatic heterocycles. The Labute approximate surface area is 182 Å². The van der Waals surface area contributed by atoms with Crippen molar-refractivity contribution in [2.45, 2.75) is 31.8 Å². The van der Waals surface area contributed by atoms with Crippen LogP contribution in [0.5, 0.6) is 0 Å². The molecule has 1 fully saturated rings. The van der Waals surface area contributed by atoms with Gasteiger partial charge >= 0.3 is 0 Å². The predicted molar refractivity (Wildman–Crippen MR) is 120 cm³/mol. The van der Waals surface area contributed by atoms with E-state index in [0.29, 0.717) is 12.2 Å². The van der Waals surface area contributed by atoms with Crippen LogP contribution in [0.3, 0.4) is 0 Å². The number of nitrogens with one attached hydrogen (secondary N) is 2. The number of likely N-dealkylation sites (tertiary alicyclic amines) is 1. The van der Waals surface area contributed by atoms with Crippen molar-refractivity contribution < 1.29 is 14.0 Å². The van der Waals surface area contributed by atoms with Crippen LogP contribution in [0.4, 0.5) is 5.69 Å². The first-order chi connectivity index (χ1) is 15.2. The smallest absolute Gasteiger partial charge is 0.291 e. The van der Waals surface area contributed by atoms with Gasteiger partial charge in [0.1, 0.15) is 6.04 Å². The van der Waals surface area contributed by atoms with Gasteiger partial charge in [0.05, 0.1) is 6.26 Å². The number of carbonyl (C=O) groups excluding carboxylic acids is 2. The second-order valence-electron chi connectivity index (χ2n) is 7.74. The molecule has 1 aromatic heterocycles. The summed E-state index contributed by atoms with van der Waals surface area (Å²) in [5.74, 6) is 0.119. The van der Waals surface area contributed by atoms with Crippen molar-refractivity contribution in [1.82, 2.24) is 10.2 Å². The number of carbonyl (C=O) groups is 2. The largest absolute Gasteiger partial charge is 0.459 e. The van der Waals surface area contributed by atoms with Gasteiger partial charge in [0, 0.05) is 25.3 Å². The Hall–Kier alpha value is -3.38. The van der Waals surface area contributed by atoms with E-state index in [1.54, 1.807) is 12.1 Å². The fourth-order valence-electron chi connectivity index (χ4n) is 3.82. The number of amides is 2. The third kappa shape index (κ3) is 5.41. The molecule has 0 bridgehead atoms. The standard InChI is InChI=1S/C25H27N3O3/c29-24(22-10-7-17-31-22)27-21-13-11-19(12-14-21)18-26-23(20-8-3-1-4-9-20)25(30)28-15-5-2-6-16-28/h1,3-4,7-14,17,23,26H,2,5-6,15-16,18H2,(H,27,29)/t23-/m1/s1. The van der Waals surface area contributed by atoms with Gasteiger partial charge < -0.3 is 14.6 Å². The van der Waals surface area contributed by atoms with Gasteiger partial charge in [-0.15, -0.1) is 0 Å². The lowest BCUT2D eigenvalue weighted by atomic mass is 10.0. The molecular formula is C25H27N3O3. The zero-order valence-electron chi connectivity index (χ0n) is 17.4. The molecule has 2 amide bonds. The van der Waals surface area contributed by atoms with Gasteiger partial charge in [-0.25, -0.2) is 0 Å². The van der Waals surface area contributed by atoms with E-state index < -0.39 is 0 Å². The van der Waals surface area contributed by atoms with E-state index >= 15 is 0 Å². The van der Waals surface area contributed by atoms with Crippen molar-refractivity contribution in [2.24, 2.45) is 0 Å². The van der Waals surface area contributed by atoms with Gasteiger partial charge in [0.2, 0.25) is 5.91 Å². The number of benzene rings is 2. The van der Waals surface area contributed by atoms with Crippen molar-refractivity contribution in [3.05, 3.63) is 89.9 Å². The average molecular weight is 418 g/mol. The molecule has 1 saturated heterocycles. The number of nitrogens with zero attached hydrogens (tertiary/aromatic N) is 1. The fourth-order valence-corrected chi connectivity index (χ4v) is 3.82. The van der Waals surface area contributed by atoms with Gasteiger partial charge in [-0.2, -0.15) is 0 Å². The summed E-state index contributed by atoms with van der Waals surface area (Å²) in [5, 5.41) is 6.25. The minimum Gasteiger partial charge on any atom is -0.459 e. The highest BCUT2D eigenvalue weighted by Gasteiger charge is 2.26. The summed E-state index contributed by atoms with van der Waals surface area (Å²) in [6.45, 7) is 2.20. The van der Waals surface area contributed by atoms with Crippen LogP contribution in [0.15, 0.2) is 77.4 Å². The Morgan fingerprint density at radius 2 is 1.65 bits per heavy atom. The lowest BCUT2D eigenvalue weighted by molar-refractivity contribution is -0.134. The van der Waals surface area contributed by atoms with E-state index in [4.69, 9.17) is 4.42 Å². The summed E-state index contributed by atoms with van der Waals surface area (Å²) < 4.78 is 5.11. The minimum atomic E-state index is -0.377. The third-order valence-corrected chi connectivity index (χ3v) is 5.51. The van der Waals surface area contributed by atoms with Gasteiger partial charge in [-0.3, -0.25) is 14.9 Å². The highest BCUT2D eigenvalue weighted by atomic mass is 16.3. The van der Waals surface area contributed by atoms with Gasteiger partial charge in [-0.1, -0.05) is 42.5 Å². The number of rotatable bonds is 7. The van der Waals surface area contributed by atoms with Crippen LogP contribution in [0.25, 0.3) is 0 Å². The number of hydrogen-bond donors (Lipinski definition) is 2. The SMILES string of the molecule is O=C(Nc1ccc(CN[C@@H](C(=O)N2CCCCC2)c2ccccc2)cc1)c1ccco1. The van der Waals surface area contributed by atoms with Crippen LogP contribution >= 0.6 is 0 Å². The fraction of sp³-hybridized carbons (Fsp3) is 0.280. The lowest BCUT2D eigenvalue weighted by Crippen LogP contribution is -2.43. The van der Waals surface area contributed by atoms with E-state index in [1.807, 2.05) is 59.5 Å². The molecule has 2 N–H and O–H groups in total. The lowest BCUT2D eigenvalue weighted by Gasteiger charge is -2.31. The third-order valence-electron chi connectivity index (χ3n) is 5.51. The molecule has 6 nitrogen and oxygen atoms in total. The predicted octanol–water partition coefficient (Wildman–Crippen LogP) is 4.38. The van der Waals surface area contributed by atoms with Gasteiger partial charge in [0.25, 0.3) is 5.91 Å². The maximum Gasteiger partial charge on any atom is 0.291 e. The molecular weight excluding hydrogens is 390 g/mol. The first kappa shape index (κ1) is 20.9. The Morgan fingerprint density at radius 3 is 2.32 bits per heavy atom. The molecule has 31 heavy (non-hydrogen) atoms. The molecule has 0 saturated carbocycles. The summed E-state index contributed by atoms with van der Waals surface area (Å²) in [6.07, 6.45) is 4.80. The summed E-state index contributed by atoms with van der Waals surface area (Å²) >= 11 is 0. The van der Waals surface area contributed by atoms with E-state index in [2.05, 4.69) is 10.6 Å². The molecule has 6 heteroatoms. The zero-order valence-corrected chi connectivity index (χ0v) is 17.4. The highest BCUT2D eigenvalue weighted by molar-refractivity contribution is 6.02. The maximum absolute atomic E-state index is 13.2. The van der Waals surface area contributed by atoms with E-state index in [9.17, 15) is 9.59 Å². The topological polar surface area (TPSA) is 74.6 Å². The molecule has 2 heterocycles. The molecule has 1 aliphatic rings. The summed E-state index contributed by atoms with van der Waals surface area (Å²) in [4.78, 5) is 27.3. The van der Waals surface area contributed by atoms with Crippen LogP contribution in [0, 0.1) is 0 Å². The Balaban J connectivity index is 1.40. The number of piperidine rings is 1. The van der Waals surface area contributed by atoms with Crippen molar-refractivity contribution in [3.63, 3.8) is 0 Å². The second-order valence-corrected chi connectivity index (χ2v) is 7.74. The number of anilines is 1. The normalized spacial score (nSPS) is 14.8. The van der Waals surface area contributed by atoms with Crippen LogP contribution in [0.2, 0.25) is 0 Å². The first-order valence-corrected chi connectivity index (χ1v) is 10.7. The van der Waals surface area contributed by atoms with Crippen LogP contribution in [0.1, 0.15) is 47.0 Å². The zero-order chi connectivity index (χ0) is 21.5. The Morgan fingerprint density at radius 1 is 0.903 bits per heavy atom. The van der Waals surface area contributed by atoms with Crippen LogP contribution in [-0.2, 0) is 11.3 Å². The summed E-state index contributed by atoms with van der Waals surface area (Å²) in [7, 11) is 0. The molecule has 0 radical (unpaired) electrons. The molecule has 160 valence electrons. The molecule has 0 spiro atoms.